The number of fused-ring (bicyclic) bond motifs is 1. The third kappa shape index (κ3) is 4.08. The van der Waals surface area contributed by atoms with Crippen LogP contribution in [0.15, 0.2) is 42.7 Å². The van der Waals surface area contributed by atoms with Crippen LogP contribution < -0.4 is 4.48 Å². The van der Waals surface area contributed by atoms with Gasteiger partial charge in [-0.2, -0.15) is 14.4 Å². The summed E-state index contributed by atoms with van der Waals surface area (Å²) in [6, 6.07) is 7.25. The van der Waals surface area contributed by atoms with Gasteiger partial charge < -0.3 is 9.84 Å². The fourth-order valence-electron chi connectivity index (χ4n) is 5.26. The van der Waals surface area contributed by atoms with E-state index in [9.17, 15) is 23.9 Å². The monoisotopic (exact) mass is 513 g/mol. The Morgan fingerprint density at radius 1 is 1.14 bits per heavy atom. The molecule has 4 rings (SSSR count). The number of esters is 1. The first-order valence-corrected chi connectivity index (χ1v) is 11.5. The first-order chi connectivity index (χ1) is 17.3. The van der Waals surface area contributed by atoms with Gasteiger partial charge in [0, 0.05) is 13.1 Å². The number of ether oxygens (including phenoxy) is 1. The second-order valence-corrected chi connectivity index (χ2v) is 10.0. The van der Waals surface area contributed by atoms with E-state index in [1.165, 1.54) is 35.3 Å². The number of methoxy groups -OCH3 is 1. The van der Waals surface area contributed by atoms with Crippen LogP contribution in [0.2, 0.25) is 0 Å². The number of amides is 1. The Labute approximate surface area is 211 Å². The minimum absolute atomic E-state index is 0.179. The van der Waals surface area contributed by atoms with E-state index in [-0.39, 0.29) is 29.2 Å². The van der Waals surface area contributed by atoms with Gasteiger partial charge in [-0.15, -0.1) is 0 Å². The zero-order chi connectivity index (χ0) is 27.3. The number of ketones is 1. The number of hydrogen-bond donors (Lipinski definition) is 1. The van der Waals surface area contributed by atoms with Gasteiger partial charge in [-0.3, -0.25) is 9.48 Å². The number of halogens is 2. The first-order valence-electron chi connectivity index (χ1n) is 11.5. The van der Waals surface area contributed by atoms with E-state index >= 15 is 4.39 Å². The van der Waals surface area contributed by atoms with Crippen molar-refractivity contribution in [2.45, 2.75) is 38.1 Å². The number of Topliss-reactive ketones (excluding diaryl/α,β-unsaturated/α-hetero) is 1. The fourth-order valence-corrected chi connectivity index (χ4v) is 5.26. The van der Waals surface area contributed by atoms with E-state index < -0.39 is 51.3 Å². The number of benzene rings is 2. The molecule has 1 aromatic heterocycles. The van der Waals surface area contributed by atoms with Crippen LogP contribution in [-0.2, 0) is 11.8 Å². The van der Waals surface area contributed by atoms with Crippen molar-refractivity contribution < 1.29 is 33.0 Å². The molecule has 0 spiro atoms. The lowest BCUT2D eigenvalue weighted by Gasteiger charge is -2.44. The molecule has 11 heteroatoms. The number of aryl methyl sites for hydroxylation is 1. The Bertz CT molecular complexity index is 1400. The highest BCUT2D eigenvalue weighted by Gasteiger charge is 2.58. The number of rotatable bonds is 3. The first kappa shape index (κ1) is 26.1. The van der Waals surface area contributed by atoms with Crippen molar-refractivity contribution in [3.05, 3.63) is 76.9 Å². The van der Waals surface area contributed by atoms with Crippen molar-refractivity contribution in [1.29, 1.82) is 0 Å². The molecule has 0 aliphatic carbocycles. The van der Waals surface area contributed by atoms with Crippen LogP contribution in [0.25, 0.3) is 0 Å². The van der Waals surface area contributed by atoms with Gasteiger partial charge in [0.15, 0.2) is 11.5 Å². The molecular weight excluding hydrogens is 486 g/mol. The Hall–Kier alpha value is -3.99. The normalized spacial score (nSPS) is 21.8. The number of aromatic nitrogens is 3. The quantitative estimate of drug-likeness (QED) is 0.407. The zero-order valence-electron chi connectivity index (χ0n) is 21.0. The van der Waals surface area contributed by atoms with Crippen LogP contribution in [0.3, 0.4) is 0 Å². The van der Waals surface area contributed by atoms with E-state index in [2.05, 4.69) is 10.1 Å². The molecule has 9 nitrogen and oxygen atoms in total. The summed E-state index contributed by atoms with van der Waals surface area (Å²) in [5.74, 6) is -4.82. The average molecular weight is 514 g/mol. The fraction of sp³-hybridized carbons (Fsp3) is 0.346. The lowest BCUT2D eigenvalue weighted by Crippen LogP contribution is -2.66. The van der Waals surface area contributed by atoms with Crippen molar-refractivity contribution >= 4 is 23.5 Å². The highest BCUT2D eigenvalue weighted by atomic mass is 19.1. The highest BCUT2D eigenvalue weighted by Crippen LogP contribution is 2.49. The second kappa shape index (κ2) is 9.15. The largest absolute Gasteiger partial charge is 0.519 e. The molecule has 3 unspecified atom stereocenters. The summed E-state index contributed by atoms with van der Waals surface area (Å²) >= 11 is 0. The predicted molar refractivity (Wildman–Crippen MR) is 129 cm³/mol. The van der Waals surface area contributed by atoms with Crippen molar-refractivity contribution in [1.82, 2.24) is 19.2 Å². The smallest absolute Gasteiger partial charge is 0.465 e. The molecular formula is C26H27F2N4O5+. The molecule has 1 aliphatic heterocycles. The van der Waals surface area contributed by atoms with Gasteiger partial charge in [0.05, 0.1) is 30.1 Å². The Kier molecular flexibility index (Phi) is 6.45. The summed E-state index contributed by atoms with van der Waals surface area (Å²) in [7, 11) is 2.67. The molecule has 0 saturated carbocycles. The van der Waals surface area contributed by atoms with Crippen LogP contribution in [0.5, 0.6) is 0 Å². The number of carbonyl (C=O) groups is 3. The molecule has 2 heterocycles. The molecule has 2 aromatic carbocycles. The van der Waals surface area contributed by atoms with Gasteiger partial charge in [0.1, 0.15) is 35.9 Å². The maximum absolute atomic E-state index is 15.0. The van der Waals surface area contributed by atoms with Gasteiger partial charge in [-0.25, -0.2) is 18.6 Å². The summed E-state index contributed by atoms with van der Waals surface area (Å²) in [6.07, 6.45) is -0.0980. The van der Waals surface area contributed by atoms with E-state index in [0.717, 1.165) is 19.2 Å². The van der Waals surface area contributed by atoms with Crippen LogP contribution in [0, 0.1) is 11.6 Å². The third-order valence-corrected chi connectivity index (χ3v) is 7.10. The Morgan fingerprint density at radius 2 is 1.78 bits per heavy atom. The average Bonchev–Trinajstić information content (AvgIpc) is 3.20. The van der Waals surface area contributed by atoms with Gasteiger partial charge in [-0.1, -0.05) is 12.1 Å². The lowest BCUT2D eigenvalue weighted by molar-refractivity contribution is 0.0594. The maximum atomic E-state index is 15.0. The minimum Gasteiger partial charge on any atom is -0.465 e. The van der Waals surface area contributed by atoms with Gasteiger partial charge in [-0.05, 0) is 44.5 Å². The predicted octanol–water partition coefficient (Wildman–Crippen LogP) is 4.43. The number of quaternary nitrogens is 1. The van der Waals surface area contributed by atoms with E-state index in [1.54, 1.807) is 27.8 Å². The molecule has 0 radical (unpaired) electrons. The molecule has 0 bridgehead atoms. The van der Waals surface area contributed by atoms with Gasteiger partial charge >= 0.3 is 12.1 Å². The standard InChI is InChI=1S/C26H26F2N4O5/c1-26(2,3)32(25(35)36)12-18(14-6-8-15(27)9-7-14)21(23-29-13-30-31(23)4)22(33)20-17(24(34)37-5)10-16(28)11-19(20)32/h6-11,13,18,21H,12H2,1-5H3/p+1. The third-order valence-electron chi connectivity index (χ3n) is 7.10. The highest BCUT2D eigenvalue weighted by molar-refractivity contribution is 6.14. The minimum atomic E-state index is -1.35. The number of carbonyl (C=O) groups excluding carboxylic acids is 2. The topological polar surface area (TPSA) is 111 Å². The van der Waals surface area contributed by atoms with Crippen LogP contribution in [-0.4, -0.2) is 56.9 Å². The number of hydrogen-bond acceptors (Lipinski definition) is 6. The van der Waals surface area contributed by atoms with E-state index in [1.807, 2.05) is 0 Å². The summed E-state index contributed by atoms with van der Waals surface area (Å²) in [6.45, 7) is 4.73. The SMILES string of the molecule is COC(=O)c1cc(F)cc2c1C(=O)C(c1ncnn1C)C(c1ccc(F)cc1)C[N+]2(C(=O)O)C(C)(C)C. The van der Waals surface area contributed by atoms with Gasteiger partial charge in [0.2, 0.25) is 0 Å². The summed E-state index contributed by atoms with van der Waals surface area (Å²) < 4.78 is 34.2. The van der Waals surface area contributed by atoms with Crippen LogP contribution in [0.4, 0.5) is 19.3 Å². The number of carboxylic acid groups (broad SMARTS) is 1. The summed E-state index contributed by atoms with van der Waals surface area (Å²) in [5.41, 5.74) is -1.48. The molecule has 1 N–H and O–H groups in total. The molecule has 1 amide bonds. The number of nitrogens with zero attached hydrogens (tertiary/aromatic N) is 4. The van der Waals surface area contributed by atoms with E-state index in [0.29, 0.717) is 5.56 Å². The maximum Gasteiger partial charge on any atom is 0.519 e. The molecule has 0 fully saturated rings. The molecule has 37 heavy (non-hydrogen) atoms. The Balaban J connectivity index is 2.19. The zero-order valence-corrected chi connectivity index (χ0v) is 21.0. The molecule has 194 valence electrons. The van der Waals surface area contributed by atoms with Crippen LogP contribution in [0.1, 0.15) is 64.7 Å². The molecule has 1 aliphatic rings. The molecule has 0 saturated heterocycles. The van der Waals surface area contributed by atoms with Crippen molar-refractivity contribution in [2.75, 3.05) is 13.7 Å². The second-order valence-electron chi connectivity index (χ2n) is 10.0. The van der Waals surface area contributed by atoms with Crippen molar-refractivity contribution in [3.63, 3.8) is 0 Å². The summed E-state index contributed by atoms with van der Waals surface area (Å²) in [4.78, 5) is 44.7. The van der Waals surface area contributed by atoms with Gasteiger partial charge in [0.25, 0.3) is 0 Å². The molecule has 3 atom stereocenters. The summed E-state index contributed by atoms with van der Waals surface area (Å²) in [5, 5.41) is 14.9. The van der Waals surface area contributed by atoms with Crippen molar-refractivity contribution in [2.24, 2.45) is 7.05 Å². The van der Waals surface area contributed by atoms with E-state index in [4.69, 9.17) is 4.74 Å². The van der Waals surface area contributed by atoms with Crippen molar-refractivity contribution in [3.8, 4) is 0 Å². The Morgan fingerprint density at radius 3 is 2.30 bits per heavy atom. The molecule has 3 aromatic rings. The lowest BCUT2D eigenvalue weighted by atomic mass is 9.80. The van der Waals surface area contributed by atoms with Crippen LogP contribution >= 0.6 is 0 Å².